The van der Waals surface area contributed by atoms with Crippen LogP contribution in [0, 0.1) is 0 Å². The highest BCUT2D eigenvalue weighted by atomic mass is 16.5. The Balaban J connectivity index is 2.11. The predicted octanol–water partition coefficient (Wildman–Crippen LogP) is 3.21. The van der Waals surface area contributed by atoms with Gasteiger partial charge in [-0.15, -0.1) is 0 Å². The van der Waals surface area contributed by atoms with Crippen molar-refractivity contribution in [1.29, 1.82) is 0 Å². The molecule has 0 radical (unpaired) electrons. The molecule has 1 heterocycles. The lowest BCUT2D eigenvalue weighted by Crippen LogP contribution is -2.23. The largest absolute Gasteiger partial charge is 0.352 e. The maximum Gasteiger partial charge on any atom is 0.135 e. The third-order valence-corrected chi connectivity index (χ3v) is 3.06. The maximum atomic E-state index is 5.92. The predicted molar refractivity (Wildman–Crippen MR) is 66.4 cm³/mol. The van der Waals surface area contributed by atoms with Gasteiger partial charge in [-0.05, 0) is 30.9 Å². The number of benzene rings is 1. The number of nitrogens with one attached hydrogen (secondary N) is 1. The fraction of sp³-hybridized carbons (Fsp3) is 0.571. The fourth-order valence-corrected chi connectivity index (χ4v) is 1.98. The van der Waals surface area contributed by atoms with Gasteiger partial charge in [0, 0.05) is 6.54 Å². The van der Waals surface area contributed by atoms with Gasteiger partial charge in [0.05, 0.1) is 5.60 Å². The average molecular weight is 219 g/mol. The molecule has 1 aliphatic rings. The summed E-state index contributed by atoms with van der Waals surface area (Å²) in [5.41, 5.74) is 2.54. The van der Waals surface area contributed by atoms with E-state index in [1.807, 2.05) is 0 Å². The monoisotopic (exact) mass is 219 g/mol. The normalized spacial score (nSPS) is 23.9. The van der Waals surface area contributed by atoms with Crippen LogP contribution in [0.15, 0.2) is 24.3 Å². The van der Waals surface area contributed by atoms with Crippen LogP contribution in [0.1, 0.15) is 51.0 Å². The van der Waals surface area contributed by atoms with Crippen LogP contribution in [0.5, 0.6) is 0 Å². The second kappa shape index (κ2) is 4.19. The average Bonchev–Trinajstić information content (AvgIpc) is 2.59. The minimum Gasteiger partial charge on any atom is -0.352 e. The Morgan fingerprint density at radius 2 is 1.88 bits per heavy atom. The van der Waals surface area contributed by atoms with Crippen molar-refractivity contribution in [2.24, 2.45) is 0 Å². The van der Waals surface area contributed by atoms with Crippen LogP contribution >= 0.6 is 0 Å². The molecule has 0 aromatic heterocycles. The van der Waals surface area contributed by atoms with Gasteiger partial charge in [-0.3, -0.25) is 5.32 Å². The number of hydrogen-bond acceptors (Lipinski definition) is 2. The first-order valence-electron chi connectivity index (χ1n) is 5.99. The summed E-state index contributed by atoms with van der Waals surface area (Å²) in [7, 11) is 0. The molecule has 0 saturated carbocycles. The molecule has 1 atom stereocenters. The molecule has 16 heavy (non-hydrogen) atoms. The molecule has 2 nitrogen and oxygen atoms in total. The Bertz CT molecular complexity index is 354. The first-order chi connectivity index (χ1) is 7.48. The van der Waals surface area contributed by atoms with E-state index in [1.54, 1.807) is 0 Å². The second-order valence-corrected chi connectivity index (χ2v) is 5.46. The lowest BCUT2D eigenvalue weighted by Gasteiger charge is -2.18. The number of rotatable bonds is 2. The Morgan fingerprint density at radius 1 is 1.25 bits per heavy atom. The van der Waals surface area contributed by atoms with E-state index in [0.29, 0.717) is 5.92 Å². The van der Waals surface area contributed by atoms with Crippen LogP contribution in [-0.2, 0) is 4.74 Å². The van der Waals surface area contributed by atoms with Crippen molar-refractivity contribution in [2.75, 3.05) is 6.54 Å². The fourth-order valence-electron chi connectivity index (χ4n) is 1.98. The van der Waals surface area contributed by atoms with Gasteiger partial charge < -0.3 is 4.74 Å². The molecule has 1 saturated heterocycles. The molecule has 2 rings (SSSR count). The van der Waals surface area contributed by atoms with Gasteiger partial charge in [0.2, 0.25) is 0 Å². The topological polar surface area (TPSA) is 21.3 Å². The summed E-state index contributed by atoms with van der Waals surface area (Å²) < 4.78 is 5.92. The smallest absolute Gasteiger partial charge is 0.135 e. The van der Waals surface area contributed by atoms with Crippen molar-refractivity contribution in [3.05, 3.63) is 35.4 Å². The van der Waals surface area contributed by atoms with Crippen molar-refractivity contribution < 1.29 is 4.74 Å². The molecule has 0 bridgehead atoms. The van der Waals surface area contributed by atoms with Gasteiger partial charge in [-0.25, -0.2) is 0 Å². The van der Waals surface area contributed by atoms with E-state index < -0.39 is 0 Å². The zero-order valence-corrected chi connectivity index (χ0v) is 10.6. The molecule has 1 fully saturated rings. The standard InChI is InChI=1S/C14H21NO/c1-10(2)11-5-7-12(8-6-11)13-15-9-14(3,4)16-13/h5-8,10,13,15H,9H2,1-4H3. The van der Waals surface area contributed by atoms with E-state index in [4.69, 9.17) is 4.74 Å². The van der Waals surface area contributed by atoms with Crippen molar-refractivity contribution in [3.63, 3.8) is 0 Å². The van der Waals surface area contributed by atoms with Crippen LogP contribution in [0.3, 0.4) is 0 Å². The molecule has 0 spiro atoms. The van der Waals surface area contributed by atoms with Gasteiger partial charge in [0.25, 0.3) is 0 Å². The summed E-state index contributed by atoms with van der Waals surface area (Å²) in [4.78, 5) is 0. The van der Waals surface area contributed by atoms with Gasteiger partial charge in [0.1, 0.15) is 6.23 Å². The van der Waals surface area contributed by atoms with E-state index >= 15 is 0 Å². The Hall–Kier alpha value is -0.860. The number of hydrogen-bond donors (Lipinski definition) is 1. The molecule has 1 aliphatic heterocycles. The minimum absolute atomic E-state index is 0.0520. The molecule has 1 aromatic rings. The number of ether oxygens (including phenoxy) is 1. The third kappa shape index (κ3) is 2.45. The van der Waals surface area contributed by atoms with E-state index in [1.165, 1.54) is 11.1 Å². The van der Waals surface area contributed by atoms with Gasteiger partial charge in [-0.1, -0.05) is 38.1 Å². The Kier molecular flexibility index (Phi) is 3.04. The van der Waals surface area contributed by atoms with Crippen LogP contribution in [-0.4, -0.2) is 12.1 Å². The van der Waals surface area contributed by atoms with Gasteiger partial charge in [-0.2, -0.15) is 0 Å². The molecule has 0 aliphatic carbocycles. The first kappa shape index (κ1) is 11.6. The molecule has 1 aromatic carbocycles. The van der Waals surface area contributed by atoms with Crippen LogP contribution in [0.25, 0.3) is 0 Å². The summed E-state index contributed by atoms with van der Waals surface area (Å²) in [5, 5.41) is 3.39. The lowest BCUT2D eigenvalue weighted by molar-refractivity contribution is -0.0156. The lowest BCUT2D eigenvalue weighted by atomic mass is 10.0. The summed E-state index contributed by atoms with van der Waals surface area (Å²) in [6.45, 7) is 9.56. The van der Waals surface area contributed by atoms with E-state index in [9.17, 15) is 0 Å². The highest BCUT2D eigenvalue weighted by Crippen LogP contribution is 2.28. The molecule has 0 amide bonds. The highest BCUT2D eigenvalue weighted by molar-refractivity contribution is 5.26. The van der Waals surface area contributed by atoms with Crippen molar-refractivity contribution in [3.8, 4) is 0 Å². The highest BCUT2D eigenvalue weighted by Gasteiger charge is 2.31. The summed E-state index contributed by atoms with van der Waals surface area (Å²) in [5.74, 6) is 0.586. The molecule has 1 N–H and O–H groups in total. The van der Waals surface area contributed by atoms with Gasteiger partial charge in [0.15, 0.2) is 0 Å². The Morgan fingerprint density at radius 3 is 2.31 bits per heavy atom. The minimum atomic E-state index is -0.0542. The zero-order chi connectivity index (χ0) is 11.8. The molecule has 88 valence electrons. The second-order valence-electron chi connectivity index (χ2n) is 5.46. The quantitative estimate of drug-likeness (QED) is 0.824. The Labute approximate surface area is 98.0 Å². The summed E-state index contributed by atoms with van der Waals surface area (Å²) in [6, 6.07) is 8.70. The van der Waals surface area contributed by atoms with Crippen LogP contribution in [0.4, 0.5) is 0 Å². The molecule has 1 unspecified atom stereocenters. The first-order valence-corrected chi connectivity index (χ1v) is 5.99. The molecule has 2 heteroatoms. The van der Waals surface area contributed by atoms with Crippen LogP contribution in [0.2, 0.25) is 0 Å². The molecular weight excluding hydrogens is 198 g/mol. The van der Waals surface area contributed by atoms with E-state index in [2.05, 4.69) is 57.3 Å². The van der Waals surface area contributed by atoms with Crippen molar-refractivity contribution in [1.82, 2.24) is 5.32 Å². The SMILES string of the molecule is CC(C)c1ccc(C2NCC(C)(C)O2)cc1. The van der Waals surface area contributed by atoms with Gasteiger partial charge >= 0.3 is 0 Å². The van der Waals surface area contributed by atoms with E-state index in [0.717, 1.165) is 6.54 Å². The van der Waals surface area contributed by atoms with E-state index in [-0.39, 0.29) is 11.8 Å². The maximum absolute atomic E-state index is 5.92. The van der Waals surface area contributed by atoms with Crippen LogP contribution < -0.4 is 5.32 Å². The third-order valence-electron chi connectivity index (χ3n) is 3.06. The zero-order valence-electron chi connectivity index (χ0n) is 10.6. The summed E-state index contributed by atoms with van der Waals surface area (Å²) >= 11 is 0. The molecular formula is C14H21NO. The van der Waals surface area contributed by atoms with Crippen molar-refractivity contribution >= 4 is 0 Å². The van der Waals surface area contributed by atoms with Crippen molar-refractivity contribution in [2.45, 2.75) is 45.4 Å². The summed E-state index contributed by atoms with van der Waals surface area (Å²) in [6.07, 6.45) is 0.0520.